The number of rotatable bonds is 8. The van der Waals surface area contributed by atoms with Gasteiger partial charge in [0, 0.05) is 24.6 Å². The third-order valence-electron chi connectivity index (χ3n) is 7.30. The molecule has 0 spiro atoms. The number of carbonyl (C=O) groups excluding carboxylic acids is 1. The van der Waals surface area contributed by atoms with Gasteiger partial charge in [-0.05, 0) is 69.5 Å². The predicted octanol–water partition coefficient (Wildman–Crippen LogP) is 3.69. The van der Waals surface area contributed by atoms with Crippen molar-refractivity contribution in [1.29, 1.82) is 0 Å². The number of anilines is 1. The van der Waals surface area contributed by atoms with Crippen molar-refractivity contribution < 1.29 is 22.5 Å². The summed E-state index contributed by atoms with van der Waals surface area (Å²) in [5.74, 6) is 1.22. The largest absolute Gasteiger partial charge is 0.495 e. The number of likely N-dealkylation sites (tertiary alicyclic amines) is 1. The Morgan fingerprint density at radius 1 is 1.11 bits per heavy atom. The van der Waals surface area contributed by atoms with Gasteiger partial charge < -0.3 is 14.6 Å². The molecule has 2 aliphatic heterocycles. The highest BCUT2D eigenvalue weighted by Crippen LogP contribution is 2.31. The van der Waals surface area contributed by atoms with Crippen molar-refractivity contribution in [2.75, 3.05) is 38.6 Å². The van der Waals surface area contributed by atoms with Crippen LogP contribution < -0.4 is 10.1 Å². The number of carbonyl (C=O) groups is 1. The molecule has 2 fully saturated rings. The van der Waals surface area contributed by atoms with Crippen molar-refractivity contribution in [3.63, 3.8) is 0 Å². The molecule has 0 radical (unpaired) electrons. The Hall–Kier alpha value is -3.28. The number of ether oxygens (including phenoxy) is 1. The summed E-state index contributed by atoms with van der Waals surface area (Å²) in [6, 6.07) is 12.5. The lowest BCUT2D eigenvalue weighted by atomic mass is 9.96. The molecule has 3 heterocycles. The second kappa shape index (κ2) is 11.2. The summed E-state index contributed by atoms with van der Waals surface area (Å²) in [5.41, 5.74) is 2.41. The summed E-state index contributed by atoms with van der Waals surface area (Å²) < 4.78 is 38.4. The van der Waals surface area contributed by atoms with Crippen LogP contribution in [-0.4, -0.2) is 67.0 Å². The average molecular weight is 540 g/mol. The Bertz CT molecular complexity index is 1390. The second-order valence-electron chi connectivity index (χ2n) is 9.84. The molecule has 1 amide bonds. The van der Waals surface area contributed by atoms with Crippen molar-refractivity contribution in [3.05, 3.63) is 53.9 Å². The van der Waals surface area contributed by atoms with Crippen LogP contribution in [0.25, 0.3) is 11.4 Å². The van der Waals surface area contributed by atoms with Crippen molar-refractivity contribution in [1.82, 2.24) is 19.3 Å². The molecule has 3 aromatic rings. The third-order valence-corrected chi connectivity index (χ3v) is 9.20. The zero-order valence-corrected chi connectivity index (χ0v) is 22.5. The summed E-state index contributed by atoms with van der Waals surface area (Å²) in [6.07, 6.45) is 3.05. The highest BCUT2D eigenvalue weighted by molar-refractivity contribution is 7.89. The number of amides is 1. The van der Waals surface area contributed by atoms with Crippen LogP contribution in [0.15, 0.2) is 51.9 Å². The monoisotopic (exact) mass is 539 g/mol. The summed E-state index contributed by atoms with van der Waals surface area (Å²) >= 11 is 0. The molecule has 0 unspecified atom stereocenters. The number of hydrogen-bond acceptors (Lipinski definition) is 8. The first-order chi connectivity index (χ1) is 18.3. The van der Waals surface area contributed by atoms with Crippen LogP contribution in [0.2, 0.25) is 0 Å². The molecule has 2 aliphatic rings. The first kappa shape index (κ1) is 26.3. The van der Waals surface area contributed by atoms with Gasteiger partial charge in [0.1, 0.15) is 5.75 Å². The van der Waals surface area contributed by atoms with Crippen LogP contribution in [0.4, 0.5) is 5.69 Å². The minimum Gasteiger partial charge on any atom is -0.495 e. The molecule has 2 aromatic carbocycles. The Morgan fingerprint density at radius 2 is 1.84 bits per heavy atom. The van der Waals surface area contributed by atoms with Gasteiger partial charge in [0.2, 0.25) is 27.6 Å². The van der Waals surface area contributed by atoms with Gasteiger partial charge in [-0.15, -0.1) is 0 Å². The lowest BCUT2D eigenvalue weighted by Gasteiger charge is -2.30. The number of nitrogens with zero attached hydrogens (tertiary/aromatic N) is 4. The van der Waals surface area contributed by atoms with E-state index in [4.69, 9.17) is 9.26 Å². The van der Waals surface area contributed by atoms with E-state index in [-0.39, 0.29) is 16.7 Å². The van der Waals surface area contributed by atoms with Crippen LogP contribution in [0.1, 0.15) is 37.1 Å². The smallest absolute Gasteiger partial charge is 0.243 e. The summed E-state index contributed by atoms with van der Waals surface area (Å²) in [5, 5.41) is 7.05. The number of aromatic nitrogens is 2. The third kappa shape index (κ3) is 5.59. The molecule has 11 heteroatoms. The Kier molecular flexibility index (Phi) is 7.78. The number of methoxy groups -OCH3 is 1. The molecule has 1 N–H and O–H groups in total. The van der Waals surface area contributed by atoms with Crippen molar-refractivity contribution in [2.45, 2.75) is 44.0 Å². The van der Waals surface area contributed by atoms with E-state index in [1.54, 1.807) is 6.07 Å². The summed E-state index contributed by atoms with van der Waals surface area (Å²) in [7, 11) is -2.10. The van der Waals surface area contributed by atoms with Gasteiger partial charge >= 0.3 is 0 Å². The fourth-order valence-electron chi connectivity index (χ4n) is 5.05. The molecular weight excluding hydrogens is 506 g/mol. The fourth-order valence-corrected chi connectivity index (χ4v) is 6.60. The second-order valence-corrected chi connectivity index (χ2v) is 11.8. The van der Waals surface area contributed by atoms with Gasteiger partial charge in [-0.1, -0.05) is 29.4 Å². The van der Waals surface area contributed by atoms with E-state index in [9.17, 15) is 13.2 Å². The van der Waals surface area contributed by atoms with Crippen LogP contribution in [-0.2, 0) is 21.4 Å². The molecular formula is C27H33N5O5S. The fraction of sp³-hybridized carbons (Fsp3) is 0.444. The zero-order valence-electron chi connectivity index (χ0n) is 21.7. The molecule has 1 aromatic heterocycles. The Morgan fingerprint density at radius 3 is 2.55 bits per heavy atom. The molecule has 0 atom stereocenters. The van der Waals surface area contributed by atoms with Gasteiger partial charge in [0.25, 0.3) is 0 Å². The van der Waals surface area contributed by atoms with E-state index >= 15 is 0 Å². The van der Waals surface area contributed by atoms with Gasteiger partial charge in [-0.3, -0.25) is 9.69 Å². The van der Waals surface area contributed by atoms with E-state index in [1.165, 1.54) is 23.5 Å². The summed E-state index contributed by atoms with van der Waals surface area (Å²) in [6.45, 7) is 5.00. The highest BCUT2D eigenvalue weighted by atomic mass is 32.2. The van der Waals surface area contributed by atoms with Crippen molar-refractivity contribution >= 4 is 21.6 Å². The van der Waals surface area contributed by atoms with E-state index in [2.05, 4.69) is 20.4 Å². The molecule has 0 bridgehead atoms. The van der Waals surface area contributed by atoms with Gasteiger partial charge in [-0.2, -0.15) is 9.29 Å². The van der Waals surface area contributed by atoms with E-state index in [1.807, 2.05) is 31.2 Å². The van der Waals surface area contributed by atoms with Crippen LogP contribution in [0.5, 0.6) is 5.75 Å². The maximum atomic E-state index is 13.1. The maximum absolute atomic E-state index is 13.1. The first-order valence-electron chi connectivity index (χ1n) is 12.9. The Balaban J connectivity index is 1.19. The SMILES string of the molecule is COc1ccc(S(=O)(=O)N2CCCC2)cc1NC(=O)C1CCN(Cc2nc(-c3ccccc3C)no2)CC1. The van der Waals surface area contributed by atoms with Crippen LogP contribution >= 0.6 is 0 Å². The molecule has 0 aliphatic carbocycles. The summed E-state index contributed by atoms with van der Waals surface area (Å²) in [4.78, 5) is 20.0. The van der Waals surface area contributed by atoms with E-state index in [0.29, 0.717) is 68.7 Å². The minimum absolute atomic E-state index is 0.140. The lowest BCUT2D eigenvalue weighted by molar-refractivity contribution is -0.121. The van der Waals surface area contributed by atoms with Crippen molar-refractivity contribution in [2.24, 2.45) is 5.92 Å². The number of aryl methyl sites for hydroxylation is 1. The van der Waals surface area contributed by atoms with Crippen LogP contribution in [0, 0.1) is 12.8 Å². The van der Waals surface area contributed by atoms with Crippen LogP contribution in [0.3, 0.4) is 0 Å². The Labute approximate surface area is 223 Å². The van der Waals surface area contributed by atoms with Gasteiger partial charge in [0.15, 0.2) is 0 Å². The molecule has 0 saturated carbocycles. The molecule has 38 heavy (non-hydrogen) atoms. The zero-order chi connectivity index (χ0) is 26.7. The normalized spacial score (nSPS) is 17.5. The molecule has 2 saturated heterocycles. The van der Waals surface area contributed by atoms with Gasteiger partial charge in [0.05, 0.1) is 24.2 Å². The number of nitrogens with one attached hydrogen (secondary N) is 1. The lowest BCUT2D eigenvalue weighted by Crippen LogP contribution is -2.37. The quantitative estimate of drug-likeness (QED) is 0.461. The standard InChI is InChI=1S/C27H33N5O5S/c1-19-7-3-4-8-22(19)26-29-25(37-30-26)18-31-15-11-20(12-16-31)27(33)28-23-17-21(9-10-24(23)36-2)38(34,35)32-13-5-6-14-32/h3-4,7-10,17,20H,5-6,11-16,18H2,1-2H3,(H,28,33). The van der Waals surface area contributed by atoms with Gasteiger partial charge in [-0.25, -0.2) is 8.42 Å². The number of hydrogen-bond donors (Lipinski definition) is 1. The number of piperidine rings is 1. The highest BCUT2D eigenvalue weighted by Gasteiger charge is 2.30. The molecule has 5 rings (SSSR count). The molecule has 202 valence electrons. The topological polar surface area (TPSA) is 118 Å². The van der Waals surface area contributed by atoms with E-state index in [0.717, 1.165) is 24.0 Å². The average Bonchev–Trinajstić information content (AvgIpc) is 3.63. The van der Waals surface area contributed by atoms with Crippen molar-refractivity contribution in [3.8, 4) is 17.1 Å². The first-order valence-corrected chi connectivity index (χ1v) is 14.4. The minimum atomic E-state index is -3.60. The molecule has 10 nitrogen and oxygen atoms in total. The number of sulfonamides is 1. The van der Waals surface area contributed by atoms with E-state index < -0.39 is 10.0 Å². The maximum Gasteiger partial charge on any atom is 0.243 e. The predicted molar refractivity (Wildman–Crippen MR) is 142 cm³/mol. The number of benzene rings is 2.